The molecule has 0 heterocycles. The van der Waals surface area contributed by atoms with E-state index >= 15 is 0 Å². The third-order valence-corrected chi connectivity index (χ3v) is 7.78. The van der Waals surface area contributed by atoms with Gasteiger partial charge in [0.1, 0.15) is 12.3 Å². The topological polar surface area (TPSA) is 75.7 Å². The lowest BCUT2D eigenvalue weighted by atomic mass is 10.2. The first-order chi connectivity index (χ1) is 16.0. The van der Waals surface area contributed by atoms with Crippen LogP contribution in [0, 0.1) is 0 Å². The quantitative estimate of drug-likeness (QED) is 0.387. The van der Waals surface area contributed by atoms with Gasteiger partial charge in [-0.15, -0.1) is 0 Å². The monoisotopic (exact) mass is 484 g/mol. The maximum atomic E-state index is 13.3. The van der Waals surface area contributed by atoms with Gasteiger partial charge < -0.3 is 10.1 Å². The highest BCUT2D eigenvalue weighted by atomic mass is 32.2. The van der Waals surface area contributed by atoms with E-state index in [1.54, 1.807) is 54.2 Å². The van der Waals surface area contributed by atoms with Crippen LogP contribution >= 0.6 is 11.8 Å². The molecule has 0 radical (unpaired) electrons. The molecular formula is C25H28N2O4S2. The number of hydrogen-bond acceptors (Lipinski definition) is 5. The summed E-state index contributed by atoms with van der Waals surface area (Å²) >= 11 is 1.81. The molecule has 3 rings (SSSR count). The van der Waals surface area contributed by atoms with Gasteiger partial charge in [0, 0.05) is 12.3 Å². The molecule has 0 aliphatic carbocycles. The Morgan fingerprint density at radius 1 is 0.939 bits per heavy atom. The molecule has 0 saturated carbocycles. The molecule has 0 aromatic heterocycles. The van der Waals surface area contributed by atoms with E-state index in [0.717, 1.165) is 22.2 Å². The van der Waals surface area contributed by atoms with Gasteiger partial charge in [0.05, 0.1) is 17.7 Å². The summed E-state index contributed by atoms with van der Waals surface area (Å²) in [5.74, 6) is 2.05. The summed E-state index contributed by atoms with van der Waals surface area (Å²) in [5.41, 5.74) is 1.70. The standard InChI is InChI=1S/C25H28N2O4S2/c1-31-23-13-15-24(16-14-23)33(29,30)27(22-11-6-3-7-12-22)19-25(28)26-17-8-18-32-20-21-9-4-2-5-10-21/h2-7,9-16H,8,17-20H2,1H3,(H,26,28). The van der Waals surface area contributed by atoms with Gasteiger partial charge in [0.25, 0.3) is 10.0 Å². The summed E-state index contributed by atoms with van der Waals surface area (Å²) in [4.78, 5) is 12.7. The predicted molar refractivity (Wildman–Crippen MR) is 134 cm³/mol. The van der Waals surface area contributed by atoms with Crippen molar-refractivity contribution in [1.82, 2.24) is 5.32 Å². The Morgan fingerprint density at radius 2 is 1.58 bits per heavy atom. The van der Waals surface area contributed by atoms with Crippen LogP contribution in [0.2, 0.25) is 0 Å². The van der Waals surface area contributed by atoms with Crippen LogP contribution in [0.3, 0.4) is 0 Å². The second-order valence-electron chi connectivity index (χ2n) is 7.26. The van der Waals surface area contributed by atoms with Gasteiger partial charge in [-0.1, -0.05) is 48.5 Å². The van der Waals surface area contributed by atoms with Crippen molar-refractivity contribution in [1.29, 1.82) is 0 Å². The number of nitrogens with one attached hydrogen (secondary N) is 1. The normalized spacial score (nSPS) is 11.1. The predicted octanol–water partition coefficient (Wildman–Crippen LogP) is 4.33. The minimum absolute atomic E-state index is 0.0947. The fraction of sp³-hybridized carbons (Fsp3) is 0.240. The van der Waals surface area contributed by atoms with Crippen molar-refractivity contribution in [2.75, 3.05) is 30.3 Å². The van der Waals surface area contributed by atoms with E-state index in [9.17, 15) is 13.2 Å². The van der Waals surface area contributed by atoms with Gasteiger partial charge in [-0.2, -0.15) is 11.8 Å². The Kier molecular flexibility index (Phi) is 9.21. The maximum absolute atomic E-state index is 13.3. The smallest absolute Gasteiger partial charge is 0.264 e. The molecule has 0 aliphatic rings. The van der Waals surface area contributed by atoms with E-state index in [1.807, 2.05) is 18.2 Å². The number of sulfonamides is 1. The molecule has 0 bridgehead atoms. The van der Waals surface area contributed by atoms with Crippen molar-refractivity contribution < 1.29 is 17.9 Å². The number of carbonyl (C=O) groups excluding carboxylic acids is 1. The van der Waals surface area contributed by atoms with Gasteiger partial charge in [-0.3, -0.25) is 9.10 Å². The number of nitrogens with zero attached hydrogens (tertiary/aromatic N) is 1. The fourth-order valence-electron chi connectivity index (χ4n) is 3.14. The minimum atomic E-state index is -3.93. The Labute approximate surface area is 200 Å². The van der Waals surface area contributed by atoms with Gasteiger partial charge in [0.15, 0.2) is 0 Å². The highest BCUT2D eigenvalue weighted by Gasteiger charge is 2.27. The third kappa shape index (κ3) is 7.27. The number of anilines is 1. The first-order valence-corrected chi connectivity index (χ1v) is 13.2. The zero-order valence-corrected chi connectivity index (χ0v) is 20.1. The molecular weight excluding hydrogens is 456 g/mol. The van der Waals surface area contributed by atoms with E-state index in [1.165, 1.54) is 24.8 Å². The van der Waals surface area contributed by atoms with Gasteiger partial charge >= 0.3 is 0 Å². The summed E-state index contributed by atoms with van der Waals surface area (Å²) in [7, 11) is -2.41. The number of hydrogen-bond donors (Lipinski definition) is 1. The van der Waals surface area contributed by atoms with Crippen molar-refractivity contribution >= 4 is 33.4 Å². The lowest BCUT2D eigenvalue weighted by Gasteiger charge is -2.24. The minimum Gasteiger partial charge on any atom is -0.497 e. The number of benzene rings is 3. The second-order valence-corrected chi connectivity index (χ2v) is 10.2. The third-order valence-electron chi connectivity index (χ3n) is 4.88. The zero-order valence-electron chi connectivity index (χ0n) is 18.5. The molecule has 1 N–H and O–H groups in total. The van der Waals surface area contributed by atoms with Crippen LogP contribution in [-0.4, -0.2) is 40.3 Å². The Balaban J connectivity index is 1.58. The number of para-hydroxylation sites is 1. The molecule has 0 fully saturated rings. The van der Waals surface area contributed by atoms with Crippen molar-refractivity contribution in [3.05, 3.63) is 90.5 Å². The van der Waals surface area contributed by atoms with Crippen LogP contribution in [-0.2, 0) is 20.6 Å². The second kappa shape index (κ2) is 12.3. The van der Waals surface area contributed by atoms with Crippen molar-refractivity contribution in [2.45, 2.75) is 17.1 Å². The average molecular weight is 485 g/mol. The molecule has 0 atom stereocenters. The van der Waals surface area contributed by atoms with Crippen LogP contribution in [0.5, 0.6) is 5.75 Å². The number of methoxy groups -OCH3 is 1. The van der Waals surface area contributed by atoms with Crippen LogP contribution in [0.4, 0.5) is 5.69 Å². The highest BCUT2D eigenvalue weighted by molar-refractivity contribution is 7.98. The summed E-state index contributed by atoms with van der Waals surface area (Å²) < 4.78 is 32.9. The molecule has 33 heavy (non-hydrogen) atoms. The molecule has 3 aromatic carbocycles. The number of amides is 1. The van der Waals surface area contributed by atoms with Crippen molar-refractivity contribution in [3.8, 4) is 5.75 Å². The van der Waals surface area contributed by atoms with Crippen LogP contribution in [0.25, 0.3) is 0 Å². The van der Waals surface area contributed by atoms with Gasteiger partial charge in [0.2, 0.25) is 5.91 Å². The number of thioether (sulfide) groups is 1. The molecule has 0 spiro atoms. The summed E-state index contributed by atoms with van der Waals surface area (Å²) in [6.07, 6.45) is 0.805. The zero-order chi connectivity index (χ0) is 23.5. The molecule has 3 aromatic rings. The summed E-state index contributed by atoms with van der Waals surface area (Å²) in [6, 6.07) is 25.0. The largest absolute Gasteiger partial charge is 0.497 e. The lowest BCUT2D eigenvalue weighted by molar-refractivity contribution is -0.119. The maximum Gasteiger partial charge on any atom is 0.264 e. The van der Waals surface area contributed by atoms with E-state index in [2.05, 4.69) is 17.4 Å². The van der Waals surface area contributed by atoms with Crippen LogP contribution in [0.1, 0.15) is 12.0 Å². The van der Waals surface area contributed by atoms with Crippen molar-refractivity contribution in [2.24, 2.45) is 0 Å². The Morgan fingerprint density at radius 3 is 2.21 bits per heavy atom. The lowest BCUT2D eigenvalue weighted by Crippen LogP contribution is -2.41. The van der Waals surface area contributed by atoms with Gasteiger partial charge in [-0.05, 0) is 54.1 Å². The number of rotatable bonds is 12. The average Bonchev–Trinajstić information content (AvgIpc) is 2.85. The molecule has 8 heteroatoms. The van der Waals surface area contributed by atoms with Crippen molar-refractivity contribution in [3.63, 3.8) is 0 Å². The first kappa shape index (κ1) is 24.7. The van der Waals surface area contributed by atoms with Crippen LogP contribution in [0.15, 0.2) is 89.8 Å². The van der Waals surface area contributed by atoms with Crippen LogP contribution < -0.4 is 14.4 Å². The Bertz CT molecular complexity index is 1110. The molecule has 1 amide bonds. The molecule has 0 aliphatic heterocycles. The fourth-order valence-corrected chi connectivity index (χ4v) is 5.48. The number of carbonyl (C=O) groups is 1. The SMILES string of the molecule is COc1ccc(S(=O)(=O)N(CC(=O)NCCCSCc2ccccc2)c2ccccc2)cc1. The summed E-state index contributed by atoms with van der Waals surface area (Å²) in [6.45, 7) is 0.196. The van der Waals surface area contributed by atoms with E-state index in [-0.39, 0.29) is 17.3 Å². The van der Waals surface area contributed by atoms with E-state index < -0.39 is 10.0 Å². The Hall–Kier alpha value is -2.97. The molecule has 0 saturated heterocycles. The molecule has 6 nitrogen and oxygen atoms in total. The van der Waals surface area contributed by atoms with E-state index in [4.69, 9.17) is 4.74 Å². The molecule has 174 valence electrons. The number of ether oxygens (including phenoxy) is 1. The van der Waals surface area contributed by atoms with E-state index in [0.29, 0.717) is 18.0 Å². The highest BCUT2D eigenvalue weighted by Crippen LogP contribution is 2.24. The summed E-state index contributed by atoms with van der Waals surface area (Å²) in [5, 5.41) is 2.84. The van der Waals surface area contributed by atoms with Gasteiger partial charge in [-0.25, -0.2) is 8.42 Å². The molecule has 0 unspecified atom stereocenters. The first-order valence-electron chi connectivity index (χ1n) is 10.6.